The maximum absolute atomic E-state index is 13.4. The van der Waals surface area contributed by atoms with Crippen LogP contribution < -0.4 is 0 Å². The normalized spacial score (nSPS) is 13.9. The molecule has 0 radical (unpaired) electrons. The summed E-state index contributed by atoms with van der Waals surface area (Å²) in [6.07, 6.45) is 4.60. The SMILES string of the molecule is C=C[C@@H](OCC(OCC)OCC)[C@@H](Cc1ccc(F)cc1)C(C)C.CCOC(CO[C@H](CCc1ccccc1)[C@@H](Cc1ccc(F)cc1)C(C)C)OCC. The Morgan fingerprint density at radius 1 is 0.537 bits per heavy atom. The van der Waals surface area contributed by atoms with Gasteiger partial charge in [-0.05, 0) is 118 Å². The Labute approximate surface area is 325 Å². The molecular weight excluding hydrogens is 686 g/mol. The summed E-state index contributed by atoms with van der Waals surface area (Å²) in [7, 11) is 0. The lowest BCUT2D eigenvalue weighted by atomic mass is 9.82. The van der Waals surface area contributed by atoms with E-state index in [4.69, 9.17) is 28.4 Å². The van der Waals surface area contributed by atoms with Gasteiger partial charge in [0.25, 0.3) is 0 Å². The number of halogens is 2. The lowest BCUT2D eigenvalue weighted by molar-refractivity contribution is -0.182. The van der Waals surface area contributed by atoms with Crippen molar-refractivity contribution in [2.75, 3.05) is 39.6 Å². The quantitative estimate of drug-likeness (QED) is 0.0601. The van der Waals surface area contributed by atoms with Crippen LogP contribution in [0.15, 0.2) is 91.5 Å². The molecule has 0 spiro atoms. The summed E-state index contributed by atoms with van der Waals surface area (Å²) in [6.45, 7) is 23.6. The van der Waals surface area contributed by atoms with Crippen LogP contribution in [0.5, 0.6) is 0 Å². The van der Waals surface area contributed by atoms with Gasteiger partial charge in [0.05, 0.1) is 25.4 Å². The number of ether oxygens (including phenoxy) is 6. The second kappa shape index (κ2) is 27.6. The van der Waals surface area contributed by atoms with Crippen LogP contribution in [0.2, 0.25) is 0 Å². The van der Waals surface area contributed by atoms with E-state index < -0.39 is 0 Å². The van der Waals surface area contributed by atoms with Gasteiger partial charge in [0, 0.05) is 26.4 Å². The topological polar surface area (TPSA) is 55.4 Å². The third-order valence-corrected chi connectivity index (χ3v) is 9.46. The van der Waals surface area contributed by atoms with Gasteiger partial charge >= 0.3 is 0 Å². The summed E-state index contributed by atoms with van der Waals surface area (Å²) in [5.41, 5.74) is 3.54. The summed E-state index contributed by atoms with van der Waals surface area (Å²) < 4.78 is 61.3. The summed E-state index contributed by atoms with van der Waals surface area (Å²) >= 11 is 0. The van der Waals surface area contributed by atoms with Gasteiger partial charge in [0.1, 0.15) is 11.6 Å². The Morgan fingerprint density at radius 3 is 1.37 bits per heavy atom. The standard InChI is InChI=1S/C26H37FO3.C20H31FO3/c1-5-28-26(29-6-2)19-30-25(17-14-21-10-8-7-9-11-21)24(20(3)4)18-22-12-15-23(27)16-13-22;1-6-19(24-14-20(22-7-2)23-8-3)18(15(4)5)13-16-9-11-17(21)12-10-16/h7-13,15-16,20,24-26H,5-6,14,17-19H2,1-4H3;6,9-12,15,18-20H,1,7-8,13-14H2,2-5H3/t24-,25+;18-,19+/m00/s1. The molecule has 0 bridgehead atoms. The monoisotopic (exact) mass is 754 g/mol. The first-order valence-electron chi connectivity index (χ1n) is 19.9. The third-order valence-electron chi connectivity index (χ3n) is 9.46. The highest BCUT2D eigenvalue weighted by Gasteiger charge is 2.27. The highest BCUT2D eigenvalue weighted by atomic mass is 19.1. The zero-order chi connectivity index (χ0) is 39.7. The Balaban J connectivity index is 0.000000383. The van der Waals surface area contributed by atoms with E-state index in [0.29, 0.717) is 57.4 Å². The summed E-state index contributed by atoms with van der Waals surface area (Å²) in [4.78, 5) is 0. The fourth-order valence-electron chi connectivity index (χ4n) is 6.48. The van der Waals surface area contributed by atoms with Crippen LogP contribution in [-0.2, 0) is 47.7 Å². The van der Waals surface area contributed by atoms with E-state index in [1.165, 1.54) is 29.8 Å². The summed E-state index contributed by atoms with van der Waals surface area (Å²) in [6, 6.07) is 24.0. The summed E-state index contributed by atoms with van der Waals surface area (Å²) in [5, 5.41) is 0. The molecule has 4 atom stereocenters. The van der Waals surface area contributed by atoms with E-state index in [0.717, 1.165) is 36.8 Å². The highest BCUT2D eigenvalue weighted by molar-refractivity contribution is 5.19. The van der Waals surface area contributed by atoms with Crippen LogP contribution in [0.3, 0.4) is 0 Å². The van der Waals surface area contributed by atoms with Crippen molar-refractivity contribution in [3.63, 3.8) is 0 Å². The van der Waals surface area contributed by atoms with E-state index in [2.05, 4.69) is 58.5 Å². The molecule has 0 fully saturated rings. The molecule has 0 aliphatic rings. The van der Waals surface area contributed by atoms with E-state index in [9.17, 15) is 8.78 Å². The maximum Gasteiger partial charge on any atom is 0.180 e. The average Bonchev–Trinajstić information content (AvgIpc) is 3.16. The lowest BCUT2D eigenvalue weighted by Crippen LogP contribution is -2.34. The molecule has 0 aromatic heterocycles. The molecule has 302 valence electrons. The molecule has 0 heterocycles. The molecule has 0 aliphatic carbocycles. The Morgan fingerprint density at radius 2 is 0.963 bits per heavy atom. The van der Waals surface area contributed by atoms with Crippen LogP contribution in [-0.4, -0.2) is 64.4 Å². The van der Waals surface area contributed by atoms with Gasteiger partial charge < -0.3 is 28.4 Å². The second-order valence-corrected chi connectivity index (χ2v) is 14.1. The number of benzene rings is 3. The van der Waals surface area contributed by atoms with Gasteiger partial charge in [0.15, 0.2) is 12.6 Å². The van der Waals surface area contributed by atoms with Crippen LogP contribution in [0, 0.1) is 35.3 Å². The molecular formula is C46H68F2O6. The van der Waals surface area contributed by atoms with Crippen molar-refractivity contribution in [2.45, 2.75) is 106 Å². The van der Waals surface area contributed by atoms with Crippen molar-refractivity contribution in [3.05, 3.63) is 120 Å². The molecule has 0 amide bonds. The molecule has 8 heteroatoms. The first kappa shape index (κ1) is 47.2. The van der Waals surface area contributed by atoms with Gasteiger partial charge in [-0.2, -0.15) is 0 Å². The fourth-order valence-corrected chi connectivity index (χ4v) is 6.48. The Kier molecular flexibility index (Phi) is 24.1. The van der Waals surface area contributed by atoms with Crippen molar-refractivity contribution in [2.24, 2.45) is 23.7 Å². The molecule has 3 aromatic carbocycles. The zero-order valence-corrected chi connectivity index (χ0v) is 34.2. The maximum atomic E-state index is 13.4. The number of aryl methyl sites for hydroxylation is 1. The fraction of sp³-hybridized carbons (Fsp3) is 0.565. The first-order valence-corrected chi connectivity index (χ1v) is 19.9. The molecule has 3 rings (SSSR count). The second-order valence-electron chi connectivity index (χ2n) is 14.1. The predicted molar refractivity (Wildman–Crippen MR) is 215 cm³/mol. The van der Waals surface area contributed by atoms with Crippen molar-refractivity contribution in [1.29, 1.82) is 0 Å². The van der Waals surface area contributed by atoms with Gasteiger partial charge in [-0.1, -0.05) is 88.4 Å². The molecule has 6 nitrogen and oxygen atoms in total. The van der Waals surface area contributed by atoms with Crippen LogP contribution in [0.1, 0.15) is 78.5 Å². The molecule has 0 saturated carbocycles. The number of rotatable bonds is 26. The first-order chi connectivity index (χ1) is 26.0. The molecule has 0 saturated heterocycles. The van der Waals surface area contributed by atoms with Crippen LogP contribution >= 0.6 is 0 Å². The van der Waals surface area contributed by atoms with Gasteiger partial charge in [0.2, 0.25) is 0 Å². The van der Waals surface area contributed by atoms with Crippen LogP contribution in [0.25, 0.3) is 0 Å². The average molecular weight is 755 g/mol. The zero-order valence-electron chi connectivity index (χ0n) is 34.2. The van der Waals surface area contributed by atoms with Gasteiger partial charge in [-0.15, -0.1) is 6.58 Å². The largest absolute Gasteiger partial charge is 0.373 e. The van der Waals surface area contributed by atoms with E-state index >= 15 is 0 Å². The number of hydrogen-bond donors (Lipinski definition) is 0. The van der Waals surface area contributed by atoms with Crippen molar-refractivity contribution >= 4 is 0 Å². The minimum atomic E-state index is -0.360. The highest BCUT2D eigenvalue weighted by Crippen LogP contribution is 2.28. The van der Waals surface area contributed by atoms with E-state index in [1.807, 2.05) is 64.1 Å². The minimum absolute atomic E-state index is 0.0543. The summed E-state index contributed by atoms with van der Waals surface area (Å²) in [5.74, 6) is 0.963. The Bertz CT molecular complexity index is 1340. The van der Waals surface area contributed by atoms with Gasteiger partial charge in [-0.25, -0.2) is 8.78 Å². The predicted octanol–water partition coefficient (Wildman–Crippen LogP) is 10.7. The lowest BCUT2D eigenvalue weighted by Gasteiger charge is -2.32. The van der Waals surface area contributed by atoms with Gasteiger partial charge in [-0.3, -0.25) is 0 Å². The molecule has 0 N–H and O–H groups in total. The van der Waals surface area contributed by atoms with Crippen molar-refractivity contribution < 1.29 is 37.2 Å². The minimum Gasteiger partial charge on any atom is -0.373 e. The molecule has 0 aliphatic heterocycles. The molecule has 0 unspecified atom stereocenters. The van der Waals surface area contributed by atoms with E-state index in [-0.39, 0.29) is 42.3 Å². The molecule has 54 heavy (non-hydrogen) atoms. The van der Waals surface area contributed by atoms with Crippen molar-refractivity contribution in [3.8, 4) is 0 Å². The third kappa shape index (κ3) is 18.6. The van der Waals surface area contributed by atoms with Crippen molar-refractivity contribution in [1.82, 2.24) is 0 Å². The van der Waals surface area contributed by atoms with E-state index in [1.54, 1.807) is 0 Å². The smallest absolute Gasteiger partial charge is 0.180 e. The molecule has 3 aromatic rings. The number of hydrogen-bond acceptors (Lipinski definition) is 6. The Hall–Kier alpha value is -2.98. The van der Waals surface area contributed by atoms with Crippen LogP contribution in [0.4, 0.5) is 8.78 Å².